The molecule has 0 aliphatic carbocycles. The highest BCUT2D eigenvalue weighted by atomic mass is 19.4. The number of benzene rings is 1. The van der Waals surface area contributed by atoms with Crippen LogP contribution < -0.4 is 10.6 Å². The van der Waals surface area contributed by atoms with Gasteiger partial charge in [0.1, 0.15) is 0 Å². The average Bonchev–Trinajstić information content (AvgIpc) is 3.02. The number of imidazole rings is 1. The highest BCUT2D eigenvalue weighted by molar-refractivity contribution is 5.93. The molecule has 2 heterocycles. The van der Waals surface area contributed by atoms with Crippen molar-refractivity contribution in [3.63, 3.8) is 0 Å². The van der Waals surface area contributed by atoms with Crippen molar-refractivity contribution in [3.05, 3.63) is 66.2 Å². The lowest BCUT2D eigenvalue weighted by Crippen LogP contribution is -2.28. The maximum Gasteiger partial charge on any atom is 0.416 e. The smallest absolute Gasteiger partial charge is 0.334 e. The van der Waals surface area contributed by atoms with Gasteiger partial charge in [0, 0.05) is 12.7 Å². The third-order valence-corrected chi connectivity index (χ3v) is 3.43. The molecule has 2 amide bonds. The number of pyridine rings is 1. The first kappa shape index (κ1) is 15.9. The van der Waals surface area contributed by atoms with E-state index in [2.05, 4.69) is 15.6 Å². The fourth-order valence-corrected chi connectivity index (χ4v) is 2.22. The van der Waals surface area contributed by atoms with Crippen LogP contribution >= 0.6 is 0 Å². The molecule has 5 nitrogen and oxygen atoms in total. The highest BCUT2D eigenvalue weighted by Crippen LogP contribution is 2.29. The molecule has 2 N–H and O–H groups in total. The molecule has 3 rings (SSSR count). The molecule has 3 aromatic rings. The third-order valence-electron chi connectivity index (χ3n) is 3.43. The summed E-state index contributed by atoms with van der Waals surface area (Å²) in [4.78, 5) is 15.9. The Morgan fingerprint density at radius 2 is 1.92 bits per heavy atom. The number of hydrogen-bond acceptors (Lipinski definition) is 2. The van der Waals surface area contributed by atoms with Crippen molar-refractivity contribution in [1.29, 1.82) is 0 Å². The number of amides is 2. The van der Waals surface area contributed by atoms with Gasteiger partial charge < -0.3 is 15.0 Å². The zero-order valence-electron chi connectivity index (χ0n) is 12.3. The number of rotatable bonds is 3. The molecule has 0 aliphatic rings. The van der Waals surface area contributed by atoms with Crippen molar-refractivity contribution in [3.8, 4) is 0 Å². The van der Waals surface area contributed by atoms with Crippen LogP contribution in [-0.2, 0) is 12.7 Å². The highest BCUT2D eigenvalue weighted by Gasteiger charge is 2.29. The van der Waals surface area contributed by atoms with Crippen molar-refractivity contribution >= 4 is 17.2 Å². The Labute approximate surface area is 135 Å². The summed E-state index contributed by atoms with van der Waals surface area (Å²) in [6.07, 6.45) is 0.660. The topological polar surface area (TPSA) is 58.4 Å². The molecule has 2 aromatic heterocycles. The average molecular weight is 334 g/mol. The third kappa shape index (κ3) is 3.48. The van der Waals surface area contributed by atoms with E-state index in [0.29, 0.717) is 11.3 Å². The number of aromatic nitrogens is 2. The van der Waals surface area contributed by atoms with Gasteiger partial charge in [-0.2, -0.15) is 13.2 Å². The molecule has 0 spiro atoms. The number of hydrogen-bond donors (Lipinski definition) is 2. The van der Waals surface area contributed by atoms with E-state index in [1.807, 2.05) is 0 Å². The van der Waals surface area contributed by atoms with Gasteiger partial charge in [0.2, 0.25) is 0 Å². The summed E-state index contributed by atoms with van der Waals surface area (Å²) in [7, 11) is 0. The van der Waals surface area contributed by atoms with E-state index >= 15 is 0 Å². The molecule has 0 atom stereocenters. The predicted molar refractivity (Wildman–Crippen MR) is 82.5 cm³/mol. The number of halogens is 3. The van der Waals surface area contributed by atoms with E-state index in [4.69, 9.17) is 0 Å². The summed E-state index contributed by atoms with van der Waals surface area (Å²) in [6, 6.07) is 7.68. The van der Waals surface area contributed by atoms with Crippen LogP contribution in [0.4, 0.5) is 23.7 Å². The number of nitrogens with one attached hydrogen (secondary N) is 2. The lowest BCUT2D eigenvalue weighted by molar-refractivity contribution is -0.137. The van der Waals surface area contributed by atoms with E-state index in [9.17, 15) is 18.0 Å². The molecular formula is C16H13F3N4O. The number of carbonyl (C=O) groups excluding carboxylic acids is 1. The number of fused-ring (bicyclic) bond motifs is 1. The van der Waals surface area contributed by atoms with Crippen molar-refractivity contribution in [2.75, 3.05) is 5.32 Å². The van der Waals surface area contributed by atoms with Gasteiger partial charge in [0.05, 0.1) is 29.3 Å². The zero-order valence-corrected chi connectivity index (χ0v) is 12.3. The number of alkyl halides is 3. The molecule has 0 fully saturated rings. The van der Waals surface area contributed by atoms with Crippen molar-refractivity contribution in [2.24, 2.45) is 0 Å². The van der Waals surface area contributed by atoms with Crippen LogP contribution in [-0.4, -0.2) is 15.4 Å². The van der Waals surface area contributed by atoms with E-state index < -0.39 is 17.8 Å². The molecule has 0 aliphatic heterocycles. The molecule has 0 unspecified atom stereocenters. The number of anilines is 1. The first-order valence-corrected chi connectivity index (χ1v) is 7.05. The summed E-state index contributed by atoms with van der Waals surface area (Å²) in [6.45, 7) is 0.117. The lowest BCUT2D eigenvalue weighted by atomic mass is 10.1. The molecule has 0 bridgehead atoms. The maximum atomic E-state index is 12.5. The minimum atomic E-state index is -4.37. The van der Waals surface area contributed by atoms with Crippen molar-refractivity contribution < 1.29 is 18.0 Å². The SMILES string of the molecule is O=C(NCc1ccc(C(F)(F)F)cc1)Nc1cccn2cncc12. The van der Waals surface area contributed by atoms with Gasteiger partial charge in [-0.05, 0) is 29.8 Å². The Balaban J connectivity index is 1.61. The Kier molecular flexibility index (Phi) is 4.11. The Morgan fingerprint density at radius 1 is 1.17 bits per heavy atom. The fourth-order valence-electron chi connectivity index (χ4n) is 2.22. The standard InChI is InChI=1S/C16H13F3N4O/c17-16(18,19)12-5-3-11(4-6-12)8-21-15(24)22-13-2-1-7-23-10-20-9-14(13)23/h1-7,9-10H,8H2,(H2,21,22,24). The van der Waals surface area contributed by atoms with Crippen molar-refractivity contribution in [1.82, 2.24) is 14.7 Å². The molecule has 0 radical (unpaired) electrons. The molecular weight excluding hydrogens is 321 g/mol. The summed E-state index contributed by atoms with van der Waals surface area (Å²) in [5.74, 6) is 0. The monoisotopic (exact) mass is 334 g/mol. The summed E-state index contributed by atoms with van der Waals surface area (Å²) in [5.41, 5.74) is 1.17. The normalized spacial score (nSPS) is 11.5. The fraction of sp³-hybridized carbons (Fsp3) is 0.125. The zero-order chi connectivity index (χ0) is 17.2. The minimum Gasteiger partial charge on any atom is -0.334 e. The number of carbonyl (C=O) groups is 1. The Bertz CT molecular complexity index is 856. The first-order chi connectivity index (χ1) is 11.4. The quantitative estimate of drug-likeness (QED) is 0.768. The van der Waals surface area contributed by atoms with Gasteiger partial charge in [-0.3, -0.25) is 0 Å². The van der Waals surface area contributed by atoms with Crippen LogP contribution in [0, 0.1) is 0 Å². The predicted octanol–water partition coefficient (Wildman–Crippen LogP) is 3.67. The van der Waals surface area contributed by atoms with Crippen LogP contribution in [0.25, 0.3) is 5.52 Å². The first-order valence-electron chi connectivity index (χ1n) is 7.05. The van der Waals surface area contributed by atoms with Crippen LogP contribution in [0.5, 0.6) is 0 Å². The van der Waals surface area contributed by atoms with E-state index in [-0.39, 0.29) is 6.54 Å². The van der Waals surface area contributed by atoms with Gasteiger partial charge >= 0.3 is 12.2 Å². The van der Waals surface area contributed by atoms with E-state index in [1.165, 1.54) is 12.1 Å². The van der Waals surface area contributed by atoms with Crippen LogP contribution in [0.15, 0.2) is 55.1 Å². The van der Waals surface area contributed by atoms with Crippen LogP contribution in [0.1, 0.15) is 11.1 Å². The van der Waals surface area contributed by atoms with E-state index in [1.54, 1.807) is 35.3 Å². The Hall–Kier alpha value is -3.03. The number of urea groups is 1. The Morgan fingerprint density at radius 3 is 2.62 bits per heavy atom. The van der Waals surface area contributed by atoms with Gasteiger partial charge in [-0.25, -0.2) is 9.78 Å². The van der Waals surface area contributed by atoms with E-state index in [0.717, 1.165) is 17.6 Å². The minimum absolute atomic E-state index is 0.117. The maximum absolute atomic E-state index is 12.5. The molecule has 1 aromatic carbocycles. The second-order valence-electron chi connectivity index (χ2n) is 5.11. The number of nitrogens with zero attached hydrogens (tertiary/aromatic N) is 2. The second-order valence-corrected chi connectivity index (χ2v) is 5.11. The summed E-state index contributed by atoms with van der Waals surface area (Å²) in [5, 5.41) is 5.29. The summed E-state index contributed by atoms with van der Waals surface area (Å²) < 4.78 is 39.2. The summed E-state index contributed by atoms with van der Waals surface area (Å²) >= 11 is 0. The molecule has 0 saturated heterocycles. The van der Waals surface area contributed by atoms with Crippen LogP contribution in [0.3, 0.4) is 0 Å². The lowest BCUT2D eigenvalue weighted by Gasteiger charge is -2.10. The molecule has 124 valence electrons. The van der Waals surface area contributed by atoms with Crippen LogP contribution in [0.2, 0.25) is 0 Å². The molecule has 0 saturated carbocycles. The van der Waals surface area contributed by atoms with Gasteiger partial charge in [-0.15, -0.1) is 0 Å². The van der Waals surface area contributed by atoms with Gasteiger partial charge in [0.25, 0.3) is 0 Å². The molecule has 24 heavy (non-hydrogen) atoms. The van der Waals surface area contributed by atoms with Gasteiger partial charge in [-0.1, -0.05) is 12.1 Å². The largest absolute Gasteiger partial charge is 0.416 e. The van der Waals surface area contributed by atoms with Crippen molar-refractivity contribution in [2.45, 2.75) is 12.7 Å². The second kappa shape index (κ2) is 6.23. The van der Waals surface area contributed by atoms with Gasteiger partial charge in [0.15, 0.2) is 0 Å². The molecule has 8 heteroatoms.